The van der Waals surface area contributed by atoms with Gasteiger partial charge in [-0.1, -0.05) is 17.7 Å². The summed E-state index contributed by atoms with van der Waals surface area (Å²) >= 11 is 5.88. The molecule has 8 heteroatoms. The standard InChI is InChI=1S/C20H19ClN4O3/c1-12-2-9-16(27-11-22-15-7-8-15)10-17(12)23-18(26)20-25-24-19(28-20)13-3-5-14(21)6-4-13/h2-6,9-10,15,22H,7-8,11H2,1H3,(H,23,26). The van der Waals surface area contributed by atoms with Gasteiger partial charge in [-0.25, -0.2) is 0 Å². The highest BCUT2D eigenvalue weighted by atomic mass is 35.5. The molecule has 0 radical (unpaired) electrons. The third kappa shape index (κ3) is 4.49. The molecule has 1 fully saturated rings. The molecule has 2 N–H and O–H groups in total. The fourth-order valence-corrected chi connectivity index (χ4v) is 2.68. The molecule has 1 aliphatic carbocycles. The number of anilines is 1. The van der Waals surface area contributed by atoms with Crippen LogP contribution in [0.25, 0.3) is 11.5 Å². The first-order chi connectivity index (χ1) is 13.6. The number of nitrogens with zero attached hydrogens (tertiary/aromatic N) is 2. The van der Waals surface area contributed by atoms with Gasteiger partial charge in [0.25, 0.3) is 0 Å². The van der Waals surface area contributed by atoms with Crippen LogP contribution in [-0.2, 0) is 0 Å². The Morgan fingerprint density at radius 3 is 2.75 bits per heavy atom. The molecular formula is C20H19ClN4O3. The Morgan fingerprint density at radius 2 is 2.00 bits per heavy atom. The zero-order chi connectivity index (χ0) is 19.5. The number of halogens is 1. The van der Waals surface area contributed by atoms with E-state index in [9.17, 15) is 4.79 Å². The molecule has 1 aromatic heterocycles. The van der Waals surface area contributed by atoms with E-state index in [-0.39, 0.29) is 11.8 Å². The van der Waals surface area contributed by atoms with Crippen LogP contribution in [0.3, 0.4) is 0 Å². The number of carbonyl (C=O) groups excluding carboxylic acids is 1. The molecule has 28 heavy (non-hydrogen) atoms. The molecule has 144 valence electrons. The van der Waals surface area contributed by atoms with Gasteiger partial charge in [0.1, 0.15) is 12.5 Å². The average Bonchev–Trinajstić information content (AvgIpc) is 3.38. The van der Waals surface area contributed by atoms with Crippen LogP contribution in [-0.4, -0.2) is 28.9 Å². The normalized spacial score (nSPS) is 13.4. The monoisotopic (exact) mass is 398 g/mol. The summed E-state index contributed by atoms with van der Waals surface area (Å²) < 4.78 is 11.2. The molecule has 0 atom stereocenters. The lowest BCUT2D eigenvalue weighted by molar-refractivity contribution is 0.0990. The molecule has 7 nitrogen and oxygen atoms in total. The summed E-state index contributed by atoms with van der Waals surface area (Å²) in [5.41, 5.74) is 2.21. The van der Waals surface area contributed by atoms with Gasteiger partial charge in [-0.2, -0.15) is 0 Å². The highest BCUT2D eigenvalue weighted by Crippen LogP contribution is 2.24. The Morgan fingerprint density at radius 1 is 1.21 bits per heavy atom. The second kappa shape index (κ2) is 8.00. The number of aryl methyl sites for hydroxylation is 1. The van der Waals surface area contributed by atoms with E-state index in [0.29, 0.717) is 34.8 Å². The van der Waals surface area contributed by atoms with Crippen LogP contribution in [0.1, 0.15) is 29.1 Å². The lowest BCUT2D eigenvalue weighted by Crippen LogP contribution is -2.22. The van der Waals surface area contributed by atoms with Crippen molar-refractivity contribution in [2.24, 2.45) is 0 Å². The van der Waals surface area contributed by atoms with Gasteiger partial charge in [-0.15, -0.1) is 10.2 Å². The number of aromatic nitrogens is 2. The van der Waals surface area contributed by atoms with Gasteiger partial charge in [-0.05, 0) is 55.7 Å². The smallest absolute Gasteiger partial charge is 0.313 e. The summed E-state index contributed by atoms with van der Waals surface area (Å²) in [6, 6.07) is 13.0. The van der Waals surface area contributed by atoms with Gasteiger partial charge in [0.2, 0.25) is 5.89 Å². The maximum absolute atomic E-state index is 12.5. The maximum atomic E-state index is 12.5. The molecule has 1 amide bonds. The fraction of sp³-hybridized carbons (Fsp3) is 0.250. The van der Waals surface area contributed by atoms with E-state index < -0.39 is 5.91 Å². The number of benzene rings is 2. The first-order valence-corrected chi connectivity index (χ1v) is 9.34. The summed E-state index contributed by atoms with van der Waals surface area (Å²) in [5, 5.41) is 14.4. The lowest BCUT2D eigenvalue weighted by Gasteiger charge is -2.11. The van der Waals surface area contributed by atoms with Crippen molar-refractivity contribution in [2.75, 3.05) is 12.0 Å². The molecule has 1 heterocycles. The largest absolute Gasteiger partial charge is 0.478 e. The fourth-order valence-electron chi connectivity index (χ4n) is 2.56. The summed E-state index contributed by atoms with van der Waals surface area (Å²) in [4.78, 5) is 12.5. The van der Waals surface area contributed by atoms with E-state index in [1.165, 1.54) is 12.8 Å². The summed E-state index contributed by atoms with van der Waals surface area (Å²) in [6.07, 6.45) is 2.39. The minimum atomic E-state index is -0.482. The van der Waals surface area contributed by atoms with Crippen molar-refractivity contribution in [3.05, 3.63) is 58.9 Å². The quantitative estimate of drug-likeness (QED) is 0.584. The Labute approximate surface area is 167 Å². The first-order valence-electron chi connectivity index (χ1n) is 8.96. The molecule has 0 bridgehead atoms. The molecule has 1 aliphatic rings. The maximum Gasteiger partial charge on any atom is 0.313 e. The van der Waals surface area contributed by atoms with Crippen molar-refractivity contribution < 1.29 is 13.9 Å². The van der Waals surface area contributed by atoms with Gasteiger partial charge >= 0.3 is 11.8 Å². The van der Waals surface area contributed by atoms with E-state index in [4.69, 9.17) is 20.8 Å². The molecule has 4 rings (SSSR count). The van der Waals surface area contributed by atoms with Crippen molar-refractivity contribution in [1.29, 1.82) is 0 Å². The predicted molar refractivity (Wildman–Crippen MR) is 106 cm³/mol. The van der Waals surface area contributed by atoms with Crippen molar-refractivity contribution in [1.82, 2.24) is 15.5 Å². The Balaban J connectivity index is 1.43. The number of carbonyl (C=O) groups is 1. The van der Waals surface area contributed by atoms with Crippen LogP contribution >= 0.6 is 11.6 Å². The number of nitrogens with one attached hydrogen (secondary N) is 2. The van der Waals surface area contributed by atoms with Crippen LogP contribution in [0.5, 0.6) is 5.75 Å². The van der Waals surface area contributed by atoms with E-state index in [0.717, 1.165) is 5.56 Å². The van der Waals surface area contributed by atoms with Crippen LogP contribution in [0.15, 0.2) is 46.9 Å². The van der Waals surface area contributed by atoms with Gasteiger partial charge in [0.05, 0.1) is 0 Å². The van der Waals surface area contributed by atoms with Crippen molar-refractivity contribution in [2.45, 2.75) is 25.8 Å². The van der Waals surface area contributed by atoms with Crippen LogP contribution in [0.4, 0.5) is 5.69 Å². The van der Waals surface area contributed by atoms with E-state index in [1.807, 2.05) is 19.1 Å². The molecule has 0 aliphatic heterocycles. The topological polar surface area (TPSA) is 89.3 Å². The van der Waals surface area contributed by atoms with Gasteiger partial charge in [0.15, 0.2) is 0 Å². The van der Waals surface area contributed by atoms with Gasteiger partial charge in [-0.3, -0.25) is 10.1 Å². The third-order valence-corrected chi connectivity index (χ3v) is 4.61. The van der Waals surface area contributed by atoms with Gasteiger partial charge in [0, 0.05) is 28.4 Å². The lowest BCUT2D eigenvalue weighted by atomic mass is 10.2. The number of rotatable bonds is 7. The van der Waals surface area contributed by atoms with Crippen molar-refractivity contribution in [3.8, 4) is 17.2 Å². The summed E-state index contributed by atoms with van der Waals surface area (Å²) in [6.45, 7) is 2.34. The number of hydrogen-bond donors (Lipinski definition) is 2. The van der Waals surface area contributed by atoms with E-state index >= 15 is 0 Å². The summed E-state index contributed by atoms with van der Waals surface area (Å²) in [7, 11) is 0. The van der Waals surface area contributed by atoms with Gasteiger partial charge < -0.3 is 14.5 Å². The van der Waals surface area contributed by atoms with Crippen LogP contribution in [0, 0.1) is 6.92 Å². The second-order valence-electron chi connectivity index (χ2n) is 6.62. The first kappa shape index (κ1) is 18.5. The molecule has 0 unspecified atom stereocenters. The Kier molecular flexibility index (Phi) is 5.27. The van der Waals surface area contributed by atoms with Crippen LogP contribution < -0.4 is 15.4 Å². The molecule has 0 saturated heterocycles. The predicted octanol–water partition coefficient (Wildman–Crippen LogP) is 4.04. The number of hydrogen-bond acceptors (Lipinski definition) is 6. The number of amides is 1. The van der Waals surface area contributed by atoms with E-state index in [2.05, 4.69) is 20.8 Å². The second-order valence-corrected chi connectivity index (χ2v) is 7.05. The Bertz CT molecular complexity index is 983. The third-order valence-electron chi connectivity index (χ3n) is 4.36. The van der Waals surface area contributed by atoms with Crippen molar-refractivity contribution >= 4 is 23.2 Å². The van der Waals surface area contributed by atoms with Crippen molar-refractivity contribution in [3.63, 3.8) is 0 Å². The molecule has 1 saturated carbocycles. The highest BCUT2D eigenvalue weighted by molar-refractivity contribution is 6.30. The molecule has 0 spiro atoms. The SMILES string of the molecule is Cc1ccc(OCNC2CC2)cc1NC(=O)c1nnc(-c2ccc(Cl)cc2)o1. The molecule has 3 aromatic rings. The average molecular weight is 399 g/mol. The minimum absolute atomic E-state index is 0.119. The minimum Gasteiger partial charge on any atom is -0.478 e. The number of ether oxygens (including phenoxy) is 1. The molecule has 2 aromatic carbocycles. The zero-order valence-corrected chi connectivity index (χ0v) is 16.0. The molecular weight excluding hydrogens is 380 g/mol. The summed E-state index contributed by atoms with van der Waals surface area (Å²) in [5.74, 6) is 0.318. The Hall–Kier alpha value is -2.90. The van der Waals surface area contributed by atoms with E-state index in [1.54, 1.807) is 30.3 Å². The highest BCUT2D eigenvalue weighted by Gasteiger charge is 2.20. The van der Waals surface area contributed by atoms with Crippen LogP contribution in [0.2, 0.25) is 5.02 Å². The zero-order valence-electron chi connectivity index (χ0n) is 15.2.